The van der Waals surface area contributed by atoms with Crippen LogP contribution in [0.1, 0.15) is 76.2 Å². The second-order valence-electron chi connectivity index (χ2n) is 15.3. The van der Waals surface area contributed by atoms with E-state index in [4.69, 9.17) is 0 Å². The minimum absolute atomic E-state index is 0.107. The molecular weight excluding hydrogens is 623 g/mol. The van der Waals surface area contributed by atoms with E-state index in [1.165, 1.54) is 39.1 Å². The van der Waals surface area contributed by atoms with Gasteiger partial charge in [-0.3, -0.25) is 9.59 Å². The molecule has 0 spiro atoms. The summed E-state index contributed by atoms with van der Waals surface area (Å²) in [5.74, 6) is -0.416. The Kier molecular flexibility index (Phi) is 5.99. The summed E-state index contributed by atoms with van der Waals surface area (Å²) < 4.78 is 0. The van der Waals surface area contributed by atoms with Gasteiger partial charge in [-0.05, 0) is 109 Å². The topological polar surface area (TPSA) is 37.4 Å². The average Bonchev–Trinajstić information content (AvgIpc) is 3.51. The zero-order valence-electron chi connectivity index (χ0n) is 29.0. The van der Waals surface area contributed by atoms with Crippen molar-refractivity contribution >= 4 is 56.2 Å². The van der Waals surface area contributed by atoms with Gasteiger partial charge in [-0.25, -0.2) is 0 Å². The summed E-state index contributed by atoms with van der Waals surface area (Å²) in [6, 6.07) is 46.8. The van der Waals surface area contributed by atoms with Crippen molar-refractivity contribution in [2.75, 3.05) is 4.90 Å². The molecule has 0 saturated carbocycles. The Morgan fingerprint density at radius 1 is 0.490 bits per heavy atom. The molecule has 0 atom stereocenters. The molecule has 0 saturated heterocycles. The quantitative estimate of drug-likeness (QED) is 0.137. The minimum atomic E-state index is -0.283. The molecule has 0 bridgehead atoms. The molecule has 10 rings (SSSR count). The molecule has 51 heavy (non-hydrogen) atoms. The molecular formula is C48H35NO2. The van der Waals surface area contributed by atoms with Crippen molar-refractivity contribution in [3.63, 3.8) is 0 Å². The molecule has 0 radical (unpaired) electrons. The van der Waals surface area contributed by atoms with Gasteiger partial charge in [0.15, 0.2) is 11.6 Å². The van der Waals surface area contributed by atoms with Gasteiger partial charge in [-0.2, -0.15) is 0 Å². The molecule has 1 aliphatic heterocycles. The highest BCUT2D eigenvalue weighted by Gasteiger charge is 2.40. The maximum Gasteiger partial charge on any atom is 0.197 e. The number of carbonyl (C=O) groups excluding carboxylic acids is 2. The standard InChI is InChI=1S/C48H35NO2/c1-47(2)39-14-8-7-13-34(39)35-21-19-32(27-41(35)47)49-42-16-10-9-15-40(42)48(3,4)44-33-20-17-28(23-31(33)18-22-43(44)49)24-38-45(50)36-25-29-11-5-6-12-30(29)26-37(36)46(38)51/h5-27H,1-4H3. The fourth-order valence-corrected chi connectivity index (χ4v) is 9.15. The first-order valence-corrected chi connectivity index (χ1v) is 17.7. The van der Waals surface area contributed by atoms with E-state index >= 15 is 0 Å². The SMILES string of the molecule is CC1(C)c2ccccc2-c2ccc(N3c4ccccc4C(C)(C)c4c3ccc3cc(C=C5C(=O)c6cc7ccccc7cc6C5=O)ccc43)cc21. The zero-order chi connectivity index (χ0) is 34.8. The fraction of sp³-hybridized carbons (Fsp3) is 0.125. The highest BCUT2D eigenvalue weighted by Crippen LogP contribution is 2.56. The van der Waals surface area contributed by atoms with Crippen LogP contribution in [0.4, 0.5) is 17.1 Å². The number of fused-ring (bicyclic) bond motifs is 9. The van der Waals surface area contributed by atoms with Gasteiger partial charge in [0, 0.05) is 27.6 Å². The molecule has 0 unspecified atom stereocenters. The first-order valence-electron chi connectivity index (χ1n) is 17.7. The summed E-state index contributed by atoms with van der Waals surface area (Å²) in [5.41, 5.74) is 13.0. The number of hydrogen-bond donors (Lipinski definition) is 0. The van der Waals surface area contributed by atoms with Crippen LogP contribution in [0.15, 0.2) is 139 Å². The van der Waals surface area contributed by atoms with E-state index in [9.17, 15) is 9.59 Å². The fourth-order valence-electron chi connectivity index (χ4n) is 9.15. The monoisotopic (exact) mass is 657 g/mol. The van der Waals surface area contributed by atoms with Crippen molar-refractivity contribution in [3.8, 4) is 11.1 Å². The summed E-state index contributed by atoms with van der Waals surface area (Å²) in [6.45, 7) is 9.29. The number of carbonyl (C=O) groups is 2. The van der Waals surface area contributed by atoms with Crippen molar-refractivity contribution in [1.29, 1.82) is 0 Å². The van der Waals surface area contributed by atoms with Crippen molar-refractivity contribution < 1.29 is 9.59 Å². The number of allylic oxidation sites excluding steroid dienone is 1. The Morgan fingerprint density at radius 2 is 1.14 bits per heavy atom. The van der Waals surface area contributed by atoms with Gasteiger partial charge in [-0.1, -0.05) is 119 Å². The second kappa shape index (κ2) is 10.2. The Balaban J connectivity index is 1.11. The first-order chi connectivity index (χ1) is 24.6. The Bertz CT molecular complexity index is 2690. The maximum absolute atomic E-state index is 13.6. The van der Waals surface area contributed by atoms with Crippen LogP contribution in [0, 0.1) is 0 Å². The highest BCUT2D eigenvalue weighted by atomic mass is 16.2. The van der Waals surface area contributed by atoms with Crippen LogP contribution in [0.2, 0.25) is 0 Å². The van der Waals surface area contributed by atoms with Crippen LogP contribution in [-0.2, 0) is 10.8 Å². The lowest BCUT2D eigenvalue weighted by Crippen LogP contribution is -2.31. The van der Waals surface area contributed by atoms with E-state index in [1.54, 1.807) is 6.08 Å². The van der Waals surface area contributed by atoms with Crippen molar-refractivity contribution in [2.45, 2.75) is 38.5 Å². The van der Waals surface area contributed by atoms with Crippen molar-refractivity contribution in [3.05, 3.63) is 178 Å². The van der Waals surface area contributed by atoms with E-state index in [2.05, 4.69) is 124 Å². The van der Waals surface area contributed by atoms with E-state index in [0.717, 1.165) is 38.5 Å². The summed E-state index contributed by atoms with van der Waals surface area (Å²) in [7, 11) is 0. The molecule has 3 aliphatic rings. The van der Waals surface area contributed by atoms with Gasteiger partial charge in [0.2, 0.25) is 0 Å². The molecule has 1 heterocycles. The van der Waals surface area contributed by atoms with E-state index in [0.29, 0.717) is 11.1 Å². The maximum atomic E-state index is 13.6. The van der Waals surface area contributed by atoms with Crippen LogP contribution in [0.25, 0.3) is 38.7 Å². The first kappa shape index (κ1) is 29.8. The average molecular weight is 658 g/mol. The van der Waals surface area contributed by atoms with Crippen LogP contribution >= 0.6 is 0 Å². The molecule has 244 valence electrons. The van der Waals surface area contributed by atoms with E-state index in [-0.39, 0.29) is 28.0 Å². The van der Waals surface area contributed by atoms with E-state index in [1.807, 2.05) is 42.5 Å². The molecule has 7 aromatic rings. The Labute approximate surface area is 297 Å². The number of Topliss-reactive ketones (excluding diaryl/α,β-unsaturated/α-hetero) is 2. The number of rotatable bonds is 2. The number of nitrogens with zero attached hydrogens (tertiary/aromatic N) is 1. The normalized spacial score (nSPS) is 16.2. The van der Waals surface area contributed by atoms with Crippen LogP contribution in [-0.4, -0.2) is 11.6 Å². The summed E-state index contributed by atoms with van der Waals surface area (Å²) in [6.07, 6.45) is 1.77. The lowest BCUT2D eigenvalue weighted by Gasteiger charge is -2.43. The molecule has 3 nitrogen and oxygen atoms in total. The largest absolute Gasteiger partial charge is 0.310 e. The second-order valence-corrected chi connectivity index (χ2v) is 15.3. The van der Waals surface area contributed by atoms with Gasteiger partial charge < -0.3 is 4.90 Å². The number of anilines is 3. The Morgan fingerprint density at radius 3 is 1.88 bits per heavy atom. The third-order valence-corrected chi connectivity index (χ3v) is 11.7. The van der Waals surface area contributed by atoms with Crippen LogP contribution in [0.3, 0.4) is 0 Å². The summed E-state index contributed by atoms with van der Waals surface area (Å²) in [4.78, 5) is 29.6. The smallest absolute Gasteiger partial charge is 0.197 e. The number of benzene rings is 7. The lowest BCUT2D eigenvalue weighted by molar-refractivity contribution is 0.0990. The lowest BCUT2D eigenvalue weighted by atomic mass is 9.71. The highest BCUT2D eigenvalue weighted by molar-refractivity contribution is 6.42. The summed E-state index contributed by atoms with van der Waals surface area (Å²) in [5, 5.41) is 4.15. The van der Waals surface area contributed by atoms with Gasteiger partial charge in [0.05, 0.1) is 16.9 Å². The van der Waals surface area contributed by atoms with Gasteiger partial charge in [0.1, 0.15) is 0 Å². The molecule has 0 aromatic heterocycles. The molecule has 0 amide bonds. The molecule has 3 heteroatoms. The number of para-hydroxylation sites is 1. The predicted octanol–water partition coefficient (Wildman–Crippen LogP) is 11.9. The van der Waals surface area contributed by atoms with E-state index < -0.39 is 0 Å². The van der Waals surface area contributed by atoms with Crippen molar-refractivity contribution in [2.24, 2.45) is 0 Å². The predicted molar refractivity (Wildman–Crippen MR) is 209 cm³/mol. The third-order valence-electron chi connectivity index (χ3n) is 11.7. The van der Waals surface area contributed by atoms with Crippen LogP contribution in [0.5, 0.6) is 0 Å². The Hall–Kier alpha value is -6.06. The van der Waals surface area contributed by atoms with Crippen LogP contribution < -0.4 is 4.90 Å². The third kappa shape index (κ3) is 4.06. The van der Waals surface area contributed by atoms with Gasteiger partial charge in [0.25, 0.3) is 0 Å². The van der Waals surface area contributed by atoms with Gasteiger partial charge >= 0.3 is 0 Å². The minimum Gasteiger partial charge on any atom is -0.310 e. The molecule has 0 N–H and O–H groups in total. The van der Waals surface area contributed by atoms with Gasteiger partial charge in [-0.15, -0.1) is 0 Å². The molecule has 2 aliphatic carbocycles. The number of ketones is 2. The molecule has 7 aromatic carbocycles. The zero-order valence-corrected chi connectivity index (χ0v) is 29.0. The summed E-state index contributed by atoms with van der Waals surface area (Å²) >= 11 is 0. The number of hydrogen-bond acceptors (Lipinski definition) is 3. The van der Waals surface area contributed by atoms with Crippen molar-refractivity contribution in [1.82, 2.24) is 0 Å². The molecule has 0 fully saturated rings.